The van der Waals surface area contributed by atoms with E-state index in [9.17, 15) is 9.90 Å². The summed E-state index contributed by atoms with van der Waals surface area (Å²) >= 11 is 0. The maximum atomic E-state index is 13.5. The van der Waals surface area contributed by atoms with Gasteiger partial charge in [-0.05, 0) is 84.5 Å². The molecule has 162 valence electrons. The zero-order valence-corrected chi connectivity index (χ0v) is 19.5. The third kappa shape index (κ3) is 2.32. The monoisotopic (exact) mass is 400 g/mol. The molecule has 3 fully saturated rings. The number of hydrogen-bond acceptors (Lipinski definition) is 3. The smallest absolute Gasteiger partial charge is 0.320 e. The molecule has 0 amide bonds. The quantitative estimate of drug-likeness (QED) is 0.455. The number of esters is 1. The van der Waals surface area contributed by atoms with Gasteiger partial charge in [0.05, 0.1) is 13.2 Å². The van der Waals surface area contributed by atoms with Crippen molar-refractivity contribution in [1.29, 1.82) is 0 Å². The van der Waals surface area contributed by atoms with Crippen LogP contribution in [-0.4, -0.2) is 24.3 Å². The summed E-state index contributed by atoms with van der Waals surface area (Å²) in [6.07, 6.45) is 7.94. The molecule has 2 bridgehead atoms. The van der Waals surface area contributed by atoms with Crippen molar-refractivity contribution in [2.75, 3.05) is 7.11 Å². The van der Waals surface area contributed by atoms with E-state index in [0.29, 0.717) is 11.8 Å². The Morgan fingerprint density at radius 2 is 1.79 bits per heavy atom. The van der Waals surface area contributed by atoms with E-state index in [1.807, 2.05) is 0 Å². The van der Waals surface area contributed by atoms with E-state index in [4.69, 9.17) is 4.74 Å². The Morgan fingerprint density at radius 3 is 2.41 bits per heavy atom. The van der Waals surface area contributed by atoms with Gasteiger partial charge in [-0.15, -0.1) is 0 Å². The molecule has 7 atom stereocenters. The second-order valence-electron chi connectivity index (χ2n) is 12.2. The van der Waals surface area contributed by atoms with Gasteiger partial charge in [-0.3, -0.25) is 4.79 Å². The number of hydrogen-bond donors (Lipinski definition) is 1. The second-order valence-corrected chi connectivity index (χ2v) is 12.2. The number of carbonyl (C=O) groups is 1. The van der Waals surface area contributed by atoms with Crippen molar-refractivity contribution in [1.82, 2.24) is 0 Å². The number of allylic oxidation sites excluding steroid dienone is 1. The van der Waals surface area contributed by atoms with E-state index >= 15 is 0 Å². The lowest BCUT2D eigenvalue weighted by molar-refractivity contribution is -0.216. The fourth-order valence-electron chi connectivity index (χ4n) is 8.91. The molecule has 0 aliphatic heterocycles. The highest BCUT2D eigenvalue weighted by molar-refractivity contribution is 5.86. The predicted molar refractivity (Wildman–Crippen MR) is 116 cm³/mol. The molecule has 4 aliphatic rings. The minimum absolute atomic E-state index is 0.0810. The van der Waals surface area contributed by atoms with Crippen molar-refractivity contribution >= 4 is 5.97 Å². The molecule has 2 unspecified atom stereocenters. The first-order valence-electron chi connectivity index (χ1n) is 11.4. The van der Waals surface area contributed by atoms with Crippen LogP contribution >= 0.6 is 0 Å². The third-order valence-electron chi connectivity index (χ3n) is 10.4. The summed E-state index contributed by atoms with van der Waals surface area (Å²) < 4.78 is 5.49. The SMILES string of the molecule is C=C1[C@@]2(C)CC(C)=C[C@]1(C(=O)OC)[C@]1(C)CCC3C(C)(C)[C@@H](O)CC[C@]3(C)C1C2. The number of carbonyl (C=O) groups excluding carboxylic acids is 1. The summed E-state index contributed by atoms with van der Waals surface area (Å²) in [5.74, 6) is 0.740. The fraction of sp³-hybridized carbons (Fsp3) is 0.808. The topological polar surface area (TPSA) is 46.5 Å². The van der Waals surface area contributed by atoms with Crippen LogP contribution in [0.4, 0.5) is 0 Å². The van der Waals surface area contributed by atoms with E-state index in [-0.39, 0.29) is 33.7 Å². The number of rotatable bonds is 1. The number of ether oxygens (including phenoxy) is 1. The number of methoxy groups -OCH3 is 1. The van der Waals surface area contributed by atoms with Crippen molar-refractivity contribution in [2.45, 2.75) is 86.2 Å². The minimum atomic E-state index is -0.740. The van der Waals surface area contributed by atoms with E-state index in [0.717, 1.165) is 44.1 Å². The van der Waals surface area contributed by atoms with Crippen LogP contribution in [0.5, 0.6) is 0 Å². The summed E-state index contributed by atoms with van der Waals surface area (Å²) in [7, 11) is 1.53. The van der Waals surface area contributed by atoms with E-state index in [1.54, 1.807) is 0 Å². The van der Waals surface area contributed by atoms with Gasteiger partial charge in [0.25, 0.3) is 0 Å². The number of aliphatic hydroxyl groups is 1. The Kier molecular flexibility index (Phi) is 4.37. The van der Waals surface area contributed by atoms with Crippen molar-refractivity contribution in [2.24, 2.45) is 38.9 Å². The fourth-order valence-corrected chi connectivity index (χ4v) is 8.91. The van der Waals surface area contributed by atoms with Gasteiger partial charge in [0, 0.05) is 0 Å². The van der Waals surface area contributed by atoms with E-state index < -0.39 is 5.41 Å². The molecule has 4 aliphatic carbocycles. The zero-order chi connectivity index (χ0) is 21.6. The van der Waals surface area contributed by atoms with Gasteiger partial charge >= 0.3 is 5.97 Å². The second kappa shape index (κ2) is 5.99. The van der Waals surface area contributed by atoms with Gasteiger partial charge < -0.3 is 9.84 Å². The molecule has 0 heterocycles. The highest BCUT2D eigenvalue weighted by Gasteiger charge is 2.72. The largest absolute Gasteiger partial charge is 0.468 e. The maximum Gasteiger partial charge on any atom is 0.320 e. The molecule has 1 N–H and O–H groups in total. The van der Waals surface area contributed by atoms with Gasteiger partial charge in [-0.2, -0.15) is 0 Å². The maximum absolute atomic E-state index is 13.5. The molecule has 4 rings (SSSR count). The third-order valence-corrected chi connectivity index (χ3v) is 10.4. The number of fused-ring (bicyclic) bond motifs is 6. The van der Waals surface area contributed by atoms with Gasteiger partial charge in [0.2, 0.25) is 0 Å². The molecule has 29 heavy (non-hydrogen) atoms. The lowest BCUT2D eigenvalue weighted by atomic mass is 9.32. The predicted octanol–water partition coefficient (Wildman–Crippen LogP) is 5.68. The first-order valence-corrected chi connectivity index (χ1v) is 11.4. The Labute approximate surface area is 177 Å². The van der Waals surface area contributed by atoms with Crippen molar-refractivity contribution in [3.63, 3.8) is 0 Å². The van der Waals surface area contributed by atoms with Crippen LogP contribution in [-0.2, 0) is 9.53 Å². The normalized spacial score (nSPS) is 50.8. The van der Waals surface area contributed by atoms with Crippen LogP contribution in [0.3, 0.4) is 0 Å². The number of aliphatic hydroxyl groups excluding tert-OH is 1. The molecule has 0 aromatic heterocycles. The lowest BCUT2D eigenvalue weighted by Crippen LogP contribution is -2.68. The Hall–Kier alpha value is -1.09. The Balaban J connectivity index is 1.94. The molecular weight excluding hydrogens is 360 g/mol. The molecule has 0 aromatic carbocycles. The van der Waals surface area contributed by atoms with Crippen molar-refractivity contribution < 1.29 is 14.6 Å². The Morgan fingerprint density at radius 1 is 1.14 bits per heavy atom. The summed E-state index contributed by atoms with van der Waals surface area (Å²) in [4.78, 5) is 13.5. The highest BCUT2D eigenvalue weighted by atomic mass is 16.5. The van der Waals surface area contributed by atoms with Gasteiger partial charge in [0.15, 0.2) is 0 Å². The lowest BCUT2D eigenvalue weighted by Gasteiger charge is -2.71. The molecule has 0 radical (unpaired) electrons. The van der Waals surface area contributed by atoms with Crippen LogP contribution in [0, 0.1) is 38.9 Å². The standard InChI is InChI=1S/C26H40O3/c1-16-13-23(5)15-19-24(6)11-10-20(27)22(3,4)18(24)9-12-25(19,7)26(14-16,17(23)2)21(28)29-8/h14,18-20,27H,2,9-13,15H2,1,3-8H3/t18?,19?,20-,23-,24-,25+,26-/m0/s1. The average Bonchev–Trinajstić information content (AvgIpc) is 2.63. The van der Waals surface area contributed by atoms with Gasteiger partial charge in [0.1, 0.15) is 5.41 Å². The zero-order valence-electron chi connectivity index (χ0n) is 19.5. The van der Waals surface area contributed by atoms with Crippen LogP contribution in [0.25, 0.3) is 0 Å². The summed E-state index contributed by atoms with van der Waals surface area (Å²) in [6.45, 7) is 18.4. The summed E-state index contributed by atoms with van der Waals surface area (Å²) in [5.41, 5.74) is 1.34. The van der Waals surface area contributed by atoms with E-state index in [1.165, 1.54) is 12.7 Å². The molecule has 3 saturated carbocycles. The molecule has 0 saturated heterocycles. The van der Waals surface area contributed by atoms with Crippen molar-refractivity contribution in [3.8, 4) is 0 Å². The van der Waals surface area contributed by atoms with Crippen LogP contribution in [0.1, 0.15) is 80.1 Å². The van der Waals surface area contributed by atoms with Gasteiger partial charge in [-0.1, -0.05) is 52.8 Å². The minimum Gasteiger partial charge on any atom is -0.468 e. The van der Waals surface area contributed by atoms with Crippen LogP contribution in [0.2, 0.25) is 0 Å². The van der Waals surface area contributed by atoms with Crippen LogP contribution < -0.4 is 0 Å². The molecule has 3 nitrogen and oxygen atoms in total. The summed E-state index contributed by atoms with van der Waals surface area (Å²) in [6, 6.07) is 0. The molecular formula is C26H40O3. The summed E-state index contributed by atoms with van der Waals surface area (Å²) in [5, 5.41) is 10.8. The van der Waals surface area contributed by atoms with Crippen molar-refractivity contribution in [3.05, 3.63) is 23.8 Å². The molecule has 0 spiro atoms. The molecule has 0 aromatic rings. The van der Waals surface area contributed by atoms with Crippen LogP contribution in [0.15, 0.2) is 23.8 Å². The first-order chi connectivity index (χ1) is 13.3. The molecule has 3 heteroatoms. The average molecular weight is 401 g/mol. The van der Waals surface area contributed by atoms with Gasteiger partial charge in [-0.25, -0.2) is 0 Å². The van der Waals surface area contributed by atoms with E-state index in [2.05, 4.69) is 54.2 Å². The highest BCUT2D eigenvalue weighted by Crippen LogP contribution is 2.76. The first kappa shape index (κ1) is 21.2. The Bertz CT molecular complexity index is 794.